The summed E-state index contributed by atoms with van der Waals surface area (Å²) >= 11 is 0. The van der Waals surface area contributed by atoms with E-state index in [0.717, 1.165) is 43.1 Å². The first kappa shape index (κ1) is 21.1. The summed E-state index contributed by atoms with van der Waals surface area (Å²) in [5.41, 5.74) is 5.23. The quantitative estimate of drug-likeness (QED) is 0.613. The van der Waals surface area contributed by atoms with Gasteiger partial charge < -0.3 is 15.5 Å². The number of aromatic nitrogens is 1. The molecule has 1 aliphatic rings. The van der Waals surface area contributed by atoms with Crippen molar-refractivity contribution in [3.05, 3.63) is 95.3 Å². The second-order valence-corrected chi connectivity index (χ2v) is 8.36. The molecule has 0 unspecified atom stereocenters. The van der Waals surface area contributed by atoms with E-state index in [4.69, 9.17) is 0 Å². The molecule has 4 rings (SSSR count). The van der Waals surface area contributed by atoms with Gasteiger partial charge in [-0.1, -0.05) is 60.7 Å². The van der Waals surface area contributed by atoms with Crippen molar-refractivity contribution in [1.82, 2.24) is 15.2 Å². The first-order chi connectivity index (χ1) is 15.1. The van der Waals surface area contributed by atoms with Crippen LogP contribution in [0.3, 0.4) is 0 Å². The lowest BCUT2D eigenvalue weighted by Crippen LogP contribution is -2.40. The Kier molecular flexibility index (Phi) is 6.63. The molecule has 1 aromatic heterocycles. The van der Waals surface area contributed by atoms with E-state index in [0.29, 0.717) is 5.92 Å². The highest BCUT2D eigenvalue weighted by molar-refractivity contribution is 5.89. The number of carbonyl (C=O) groups is 1. The number of urea groups is 1. The number of hydrogen-bond acceptors (Lipinski definition) is 3. The summed E-state index contributed by atoms with van der Waals surface area (Å²) in [6, 6.07) is 25.1. The van der Waals surface area contributed by atoms with Gasteiger partial charge in [0, 0.05) is 48.7 Å². The van der Waals surface area contributed by atoms with E-state index < -0.39 is 0 Å². The normalized spacial score (nSPS) is 16.4. The van der Waals surface area contributed by atoms with Crippen LogP contribution < -0.4 is 10.6 Å². The van der Waals surface area contributed by atoms with Crippen LogP contribution in [0.4, 0.5) is 10.5 Å². The molecule has 2 N–H and O–H groups in total. The molecule has 2 aromatic carbocycles. The first-order valence-electron chi connectivity index (χ1n) is 10.9. The van der Waals surface area contributed by atoms with E-state index in [1.807, 2.05) is 26.0 Å². The minimum absolute atomic E-state index is 0.149. The molecule has 5 nitrogen and oxygen atoms in total. The number of likely N-dealkylation sites (tertiary alicyclic amines) is 1. The molecular formula is C26H30N4O. The third kappa shape index (κ3) is 5.70. The standard InChI is InChI=1S/C26H30N4O/c1-19-15-24(16-20(2)27-19)29-26(31)28-23-13-14-30(17-23)18-25(21-9-5-3-6-10-21)22-11-7-4-8-12-22/h3-12,15-16,23,25H,13-14,17-18H2,1-2H3,(H2,27,28,29,31)/t23-/m0/s1. The van der Waals surface area contributed by atoms with Crippen molar-refractivity contribution in [3.63, 3.8) is 0 Å². The number of benzene rings is 2. The van der Waals surface area contributed by atoms with E-state index in [1.54, 1.807) is 0 Å². The molecule has 0 spiro atoms. The highest BCUT2D eigenvalue weighted by atomic mass is 16.2. The zero-order valence-electron chi connectivity index (χ0n) is 18.2. The molecule has 1 aliphatic heterocycles. The Bertz CT molecular complexity index is 947. The lowest BCUT2D eigenvalue weighted by molar-refractivity contribution is 0.247. The van der Waals surface area contributed by atoms with Crippen molar-refractivity contribution in [3.8, 4) is 0 Å². The predicted octanol–water partition coefficient (Wildman–Crippen LogP) is 4.73. The summed E-state index contributed by atoms with van der Waals surface area (Å²) in [6.07, 6.45) is 0.956. The first-order valence-corrected chi connectivity index (χ1v) is 10.9. The van der Waals surface area contributed by atoms with Crippen molar-refractivity contribution in [1.29, 1.82) is 0 Å². The molecule has 0 aliphatic carbocycles. The third-order valence-electron chi connectivity index (χ3n) is 5.79. The summed E-state index contributed by atoms with van der Waals surface area (Å²) in [5.74, 6) is 0.317. The van der Waals surface area contributed by atoms with E-state index in [-0.39, 0.29) is 12.1 Å². The summed E-state index contributed by atoms with van der Waals surface area (Å²) in [4.78, 5) is 19.3. The molecule has 3 aromatic rings. The second-order valence-electron chi connectivity index (χ2n) is 8.36. The van der Waals surface area contributed by atoms with E-state index >= 15 is 0 Å². The maximum absolute atomic E-state index is 12.5. The van der Waals surface area contributed by atoms with Crippen molar-refractivity contribution in [2.24, 2.45) is 0 Å². The molecular weight excluding hydrogens is 384 g/mol. The van der Waals surface area contributed by atoms with Crippen LogP contribution in [-0.4, -0.2) is 41.6 Å². The van der Waals surface area contributed by atoms with Gasteiger partial charge in [0.25, 0.3) is 0 Å². The molecule has 1 fully saturated rings. The maximum atomic E-state index is 12.5. The number of rotatable bonds is 6. The molecule has 2 amide bonds. The lowest BCUT2D eigenvalue weighted by atomic mass is 9.91. The van der Waals surface area contributed by atoms with Crippen LogP contribution in [0.1, 0.15) is 34.9 Å². The third-order valence-corrected chi connectivity index (χ3v) is 5.79. The molecule has 1 atom stereocenters. The van der Waals surface area contributed by atoms with Gasteiger partial charge in [0.1, 0.15) is 0 Å². The largest absolute Gasteiger partial charge is 0.334 e. The van der Waals surface area contributed by atoms with Crippen LogP contribution in [0, 0.1) is 13.8 Å². The highest BCUT2D eigenvalue weighted by Crippen LogP contribution is 2.27. The Morgan fingerprint density at radius 1 is 1.00 bits per heavy atom. The number of hydrogen-bond donors (Lipinski definition) is 2. The van der Waals surface area contributed by atoms with Gasteiger partial charge in [0.05, 0.1) is 0 Å². The minimum atomic E-state index is -0.153. The van der Waals surface area contributed by atoms with Crippen LogP contribution in [0.15, 0.2) is 72.8 Å². The Morgan fingerprint density at radius 3 is 2.16 bits per heavy atom. The fourth-order valence-electron chi connectivity index (χ4n) is 4.41. The molecule has 0 bridgehead atoms. The zero-order valence-corrected chi connectivity index (χ0v) is 18.2. The van der Waals surface area contributed by atoms with Crippen molar-refractivity contribution in [2.75, 3.05) is 25.0 Å². The average Bonchev–Trinajstić information content (AvgIpc) is 3.19. The van der Waals surface area contributed by atoms with Crippen molar-refractivity contribution in [2.45, 2.75) is 32.2 Å². The van der Waals surface area contributed by atoms with Crippen LogP contribution >= 0.6 is 0 Å². The predicted molar refractivity (Wildman–Crippen MR) is 125 cm³/mol. The zero-order chi connectivity index (χ0) is 21.6. The molecule has 1 saturated heterocycles. The monoisotopic (exact) mass is 414 g/mol. The molecule has 31 heavy (non-hydrogen) atoms. The number of aryl methyl sites for hydroxylation is 2. The van der Waals surface area contributed by atoms with Crippen LogP contribution in [-0.2, 0) is 0 Å². The number of carbonyl (C=O) groups excluding carboxylic acids is 1. The number of nitrogens with one attached hydrogen (secondary N) is 2. The van der Waals surface area contributed by atoms with Crippen molar-refractivity contribution >= 4 is 11.7 Å². The Balaban J connectivity index is 1.36. The van der Waals surface area contributed by atoms with Crippen molar-refractivity contribution < 1.29 is 4.79 Å². The van der Waals surface area contributed by atoms with Gasteiger partial charge in [0.2, 0.25) is 0 Å². The minimum Gasteiger partial charge on any atom is -0.334 e. The molecule has 160 valence electrons. The topological polar surface area (TPSA) is 57.3 Å². The van der Waals surface area contributed by atoms with Gasteiger partial charge in [-0.05, 0) is 43.5 Å². The van der Waals surface area contributed by atoms with Gasteiger partial charge >= 0.3 is 6.03 Å². The Labute approximate surface area is 184 Å². The highest BCUT2D eigenvalue weighted by Gasteiger charge is 2.27. The summed E-state index contributed by atoms with van der Waals surface area (Å²) in [7, 11) is 0. The Morgan fingerprint density at radius 2 is 1.58 bits per heavy atom. The molecule has 0 saturated carbocycles. The fraction of sp³-hybridized carbons (Fsp3) is 0.308. The number of nitrogens with zero attached hydrogens (tertiary/aromatic N) is 2. The summed E-state index contributed by atoms with van der Waals surface area (Å²) < 4.78 is 0. The second kappa shape index (κ2) is 9.75. The smallest absolute Gasteiger partial charge is 0.319 e. The van der Waals surface area contributed by atoms with E-state index in [9.17, 15) is 4.79 Å². The average molecular weight is 415 g/mol. The Hall–Kier alpha value is -3.18. The summed E-state index contributed by atoms with van der Waals surface area (Å²) in [6.45, 7) is 6.64. The van der Waals surface area contributed by atoms with Gasteiger partial charge in [-0.25, -0.2) is 4.79 Å². The van der Waals surface area contributed by atoms with Crippen LogP contribution in [0.2, 0.25) is 0 Å². The van der Waals surface area contributed by atoms with Gasteiger partial charge in [0.15, 0.2) is 0 Å². The SMILES string of the molecule is Cc1cc(NC(=O)N[C@H]2CCN(CC(c3ccccc3)c3ccccc3)C2)cc(C)n1. The van der Waals surface area contributed by atoms with Crippen LogP contribution in [0.25, 0.3) is 0 Å². The number of pyridine rings is 1. The van der Waals surface area contributed by atoms with Crippen LogP contribution in [0.5, 0.6) is 0 Å². The molecule has 0 radical (unpaired) electrons. The van der Waals surface area contributed by atoms with Gasteiger partial charge in [-0.15, -0.1) is 0 Å². The maximum Gasteiger partial charge on any atom is 0.319 e. The van der Waals surface area contributed by atoms with Gasteiger partial charge in [-0.3, -0.25) is 4.98 Å². The number of anilines is 1. The van der Waals surface area contributed by atoms with E-state index in [1.165, 1.54) is 11.1 Å². The molecule has 2 heterocycles. The molecule has 5 heteroatoms. The van der Waals surface area contributed by atoms with Gasteiger partial charge in [-0.2, -0.15) is 0 Å². The number of amides is 2. The lowest BCUT2D eigenvalue weighted by Gasteiger charge is -2.25. The fourth-order valence-corrected chi connectivity index (χ4v) is 4.41. The summed E-state index contributed by atoms with van der Waals surface area (Å²) in [5, 5.41) is 6.09. The van der Waals surface area contributed by atoms with E-state index in [2.05, 4.69) is 81.2 Å².